The average Bonchev–Trinajstić information content (AvgIpc) is 2.76. The van der Waals surface area contributed by atoms with E-state index in [9.17, 15) is 9.59 Å². The summed E-state index contributed by atoms with van der Waals surface area (Å²) in [5.41, 5.74) is 3.08. The third kappa shape index (κ3) is 4.80. The van der Waals surface area contributed by atoms with Gasteiger partial charge in [0.1, 0.15) is 4.32 Å². The molecular formula is C18H24N2O2S2. The Morgan fingerprint density at radius 1 is 1.25 bits per heavy atom. The molecule has 0 bridgehead atoms. The van der Waals surface area contributed by atoms with Crippen LogP contribution in [0.5, 0.6) is 0 Å². The van der Waals surface area contributed by atoms with E-state index in [1.807, 2.05) is 39.0 Å². The Kier molecular flexibility index (Phi) is 6.80. The molecule has 0 saturated carbocycles. The molecule has 1 aliphatic rings. The van der Waals surface area contributed by atoms with Crippen molar-refractivity contribution in [3.8, 4) is 0 Å². The number of nitrogens with one attached hydrogen (secondary N) is 1. The second kappa shape index (κ2) is 8.62. The van der Waals surface area contributed by atoms with E-state index in [1.165, 1.54) is 11.8 Å². The average molecular weight is 365 g/mol. The number of rotatable bonds is 7. The highest BCUT2D eigenvalue weighted by molar-refractivity contribution is 8.24. The van der Waals surface area contributed by atoms with Gasteiger partial charge in [0.15, 0.2) is 0 Å². The van der Waals surface area contributed by atoms with Crippen molar-refractivity contribution >= 4 is 45.8 Å². The van der Waals surface area contributed by atoms with Gasteiger partial charge >= 0.3 is 0 Å². The van der Waals surface area contributed by atoms with Crippen LogP contribution in [0.1, 0.15) is 43.7 Å². The second-order valence-corrected chi connectivity index (χ2v) is 8.12. The number of thioether (sulfide) groups is 1. The first-order chi connectivity index (χ1) is 11.4. The Hall–Kier alpha value is -1.40. The zero-order valence-corrected chi connectivity index (χ0v) is 16.1. The Morgan fingerprint density at radius 2 is 1.92 bits per heavy atom. The first-order valence-electron chi connectivity index (χ1n) is 8.28. The minimum atomic E-state index is -0.0550. The molecular weight excluding hydrogens is 340 g/mol. The van der Waals surface area contributed by atoms with E-state index in [4.69, 9.17) is 12.2 Å². The van der Waals surface area contributed by atoms with Gasteiger partial charge in [-0.3, -0.25) is 14.5 Å². The molecule has 1 aromatic carbocycles. The van der Waals surface area contributed by atoms with Crippen LogP contribution in [0.25, 0.3) is 0 Å². The highest BCUT2D eigenvalue weighted by Gasteiger charge is 2.32. The van der Waals surface area contributed by atoms with Crippen LogP contribution in [-0.2, 0) is 9.59 Å². The molecule has 1 aliphatic heterocycles. The molecule has 130 valence electrons. The SMILES string of the molecule is Cc1cccc(C)c1NC(=O)CCCCCN1C(=O)C(C)SC1=S. The van der Waals surface area contributed by atoms with E-state index in [2.05, 4.69) is 5.32 Å². The van der Waals surface area contributed by atoms with Gasteiger partial charge in [-0.25, -0.2) is 0 Å². The molecule has 2 rings (SSSR count). The number of thiocarbonyl (C=S) groups is 1. The first-order valence-corrected chi connectivity index (χ1v) is 9.57. The summed E-state index contributed by atoms with van der Waals surface area (Å²) < 4.78 is 0.681. The topological polar surface area (TPSA) is 49.4 Å². The van der Waals surface area contributed by atoms with Gasteiger partial charge in [-0.05, 0) is 44.7 Å². The van der Waals surface area contributed by atoms with Crippen LogP contribution in [0.2, 0.25) is 0 Å². The smallest absolute Gasteiger partial charge is 0.241 e. The lowest BCUT2D eigenvalue weighted by molar-refractivity contribution is -0.125. The second-order valence-electron chi connectivity index (χ2n) is 6.14. The van der Waals surface area contributed by atoms with Gasteiger partial charge < -0.3 is 5.32 Å². The zero-order chi connectivity index (χ0) is 17.7. The van der Waals surface area contributed by atoms with E-state index in [1.54, 1.807) is 4.90 Å². The van der Waals surface area contributed by atoms with Crippen LogP contribution in [0, 0.1) is 13.8 Å². The first kappa shape index (κ1) is 18.9. The Labute approximate surface area is 153 Å². The molecule has 0 radical (unpaired) electrons. The minimum absolute atomic E-state index is 0.0457. The monoisotopic (exact) mass is 364 g/mol. The van der Waals surface area contributed by atoms with Crippen molar-refractivity contribution in [3.63, 3.8) is 0 Å². The highest BCUT2D eigenvalue weighted by Crippen LogP contribution is 2.27. The van der Waals surface area contributed by atoms with E-state index >= 15 is 0 Å². The van der Waals surface area contributed by atoms with Crippen molar-refractivity contribution in [1.29, 1.82) is 0 Å². The lowest BCUT2D eigenvalue weighted by Crippen LogP contribution is -2.31. The molecule has 1 aromatic rings. The number of amides is 2. The van der Waals surface area contributed by atoms with Crippen molar-refractivity contribution in [2.24, 2.45) is 0 Å². The van der Waals surface area contributed by atoms with Crippen LogP contribution >= 0.6 is 24.0 Å². The van der Waals surface area contributed by atoms with Gasteiger partial charge in [0.05, 0.1) is 5.25 Å². The number of aryl methyl sites for hydroxylation is 2. The summed E-state index contributed by atoms with van der Waals surface area (Å²) in [5, 5.41) is 2.95. The number of carbonyl (C=O) groups is 2. The third-order valence-corrected chi connectivity index (χ3v) is 5.63. The van der Waals surface area contributed by atoms with Crippen molar-refractivity contribution in [1.82, 2.24) is 4.90 Å². The molecule has 0 aliphatic carbocycles. The lowest BCUT2D eigenvalue weighted by atomic mass is 10.1. The highest BCUT2D eigenvalue weighted by atomic mass is 32.2. The number of anilines is 1. The Morgan fingerprint density at radius 3 is 2.50 bits per heavy atom. The number of nitrogens with zero attached hydrogens (tertiary/aromatic N) is 1. The van der Waals surface area contributed by atoms with Crippen molar-refractivity contribution in [2.75, 3.05) is 11.9 Å². The number of hydrogen-bond acceptors (Lipinski definition) is 4. The molecule has 0 spiro atoms. The van der Waals surface area contributed by atoms with Crippen LogP contribution in [0.3, 0.4) is 0 Å². The number of unbranched alkanes of at least 4 members (excludes halogenated alkanes) is 2. The maximum absolute atomic E-state index is 12.1. The molecule has 6 heteroatoms. The fraction of sp³-hybridized carbons (Fsp3) is 0.500. The maximum atomic E-state index is 12.1. The van der Waals surface area contributed by atoms with Gasteiger partial charge in [-0.1, -0.05) is 48.6 Å². The van der Waals surface area contributed by atoms with Crippen LogP contribution in [0.4, 0.5) is 5.69 Å². The van der Waals surface area contributed by atoms with Crippen LogP contribution in [-0.4, -0.2) is 32.8 Å². The van der Waals surface area contributed by atoms with E-state index < -0.39 is 0 Å². The van der Waals surface area contributed by atoms with Gasteiger partial charge in [-0.2, -0.15) is 0 Å². The summed E-state index contributed by atoms with van der Waals surface area (Å²) in [4.78, 5) is 25.7. The van der Waals surface area contributed by atoms with E-state index in [0.29, 0.717) is 17.3 Å². The molecule has 0 aromatic heterocycles. The lowest BCUT2D eigenvalue weighted by Gasteiger charge is -2.15. The summed E-state index contributed by atoms with van der Waals surface area (Å²) in [6.07, 6.45) is 3.09. The summed E-state index contributed by atoms with van der Waals surface area (Å²) in [5.74, 6) is 0.155. The van der Waals surface area contributed by atoms with E-state index in [-0.39, 0.29) is 17.1 Å². The van der Waals surface area contributed by atoms with Crippen LogP contribution in [0.15, 0.2) is 18.2 Å². The Balaban J connectivity index is 1.68. The minimum Gasteiger partial charge on any atom is -0.326 e. The maximum Gasteiger partial charge on any atom is 0.241 e. The number of carbonyl (C=O) groups excluding carboxylic acids is 2. The number of benzene rings is 1. The zero-order valence-electron chi connectivity index (χ0n) is 14.4. The molecule has 1 unspecified atom stereocenters. The molecule has 1 saturated heterocycles. The molecule has 24 heavy (non-hydrogen) atoms. The molecule has 1 atom stereocenters. The summed E-state index contributed by atoms with van der Waals surface area (Å²) >= 11 is 6.67. The number of hydrogen-bond donors (Lipinski definition) is 1. The molecule has 1 heterocycles. The molecule has 1 fully saturated rings. The normalized spacial score (nSPS) is 17.5. The third-order valence-electron chi connectivity index (χ3n) is 4.14. The molecule has 4 nitrogen and oxygen atoms in total. The van der Waals surface area contributed by atoms with Crippen LogP contribution < -0.4 is 5.32 Å². The summed E-state index contributed by atoms with van der Waals surface area (Å²) in [7, 11) is 0. The van der Waals surface area contributed by atoms with Crippen molar-refractivity contribution in [3.05, 3.63) is 29.3 Å². The fourth-order valence-corrected chi connectivity index (χ4v) is 4.18. The quantitative estimate of drug-likeness (QED) is 0.586. The van der Waals surface area contributed by atoms with E-state index in [0.717, 1.165) is 36.1 Å². The molecule has 2 amide bonds. The largest absolute Gasteiger partial charge is 0.326 e. The summed E-state index contributed by atoms with van der Waals surface area (Å²) in [6, 6.07) is 5.98. The molecule has 1 N–H and O–H groups in total. The van der Waals surface area contributed by atoms with Gasteiger partial charge in [0.2, 0.25) is 11.8 Å². The van der Waals surface area contributed by atoms with Crippen molar-refractivity contribution < 1.29 is 9.59 Å². The van der Waals surface area contributed by atoms with Gasteiger partial charge in [0, 0.05) is 18.7 Å². The predicted octanol–water partition coefficient (Wildman–Crippen LogP) is 4.05. The fourth-order valence-electron chi connectivity index (χ4n) is 2.72. The van der Waals surface area contributed by atoms with Gasteiger partial charge in [0.25, 0.3) is 0 Å². The number of para-hydroxylation sites is 1. The van der Waals surface area contributed by atoms with Crippen molar-refractivity contribution in [2.45, 2.75) is 51.7 Å². The standard InChI is InChI=1S/C18H24N2O2S2/c1-12-8-7-9-13(2)16(12)19-15(21)10-5-4-6-11-20-17(22)14(3)24-18(20)23/h7-9,14H,4-6,10-11H2,1-3H3,(H,19,21). The predicted molar refractivity (Wildman–Crippen MR) is 104 cm³/mol. The Bertz CT molecular complexity index is 626. The van der Waals surface area contributed by atoms with Gasteiger partial charge in [-0.15, -0.1) is 0 Å². The summed E-state index contributed by atoms with van der Waals surface area (Å²) in [6.45, 7) is 6.54.